The van der Waals surface area contributed by atoms with Gasteiger partial charge >= 0.3 is 0 Å². The van der Waals surface area contributed by atoms with Crippen molar-refractivity contribution in [3.05, 3.63) is 0 Å². The summed E-state index contributed by atoms with van der Waals surface area (Å²) in [6.07, 6.45) is 6.09. The average molecular weight is 256 g/mol. The first-order valence-electron chi connectivity index (χ1n) is 6.06. The Balaban J connectivity index is 2.08. The molecular weight excluding hydrogens is 236 g/mol. The maximum absolute atomic E-state index is 5.69. The summed E-state index contributed by atoms with van der Waals surface area (Å²) in [4.78, 5) is 0. The summed E-state index contributed by atoms with van der Waals surface area (Å²) in [5.41, 5.74) is -0.134. The summed E-state index contributed by atoms with van der Waals surface area (Å²) in [6.45, 7) is 2.24. The van der Waals surface area contributed by atoms with Crippen LogP contribution >= 0.6 is 23.5 Å². The highest BCUT2D eigenvalue weighted by Crippen LogP contribution is 2.43. The van der Waals surface area contributed by atoms with E-state index in [-0.39, 0.29) is 9.68 Å². The lowest BCUT2D eigenvalue weighted by atomic mass is 9.85. The predicted octanol–water partition coefficient (Wildman–Crippen LogP) is 3.54. The largest absolute Gasteiger partial charge is 0.366 e. The molecule has 2 aliphatic rings. The third kappa shape index (κ3) is 2.91. The van der Waals surface area contributed by atoms with Crippen molar-refractivity contribution in [2.45, 2.75) is 48.7 Å². The minimum Gasteiger partial charge on any atom is -0.366 e. The molecule has 1 saturated carbocycles. The predicted molar refractivity (Wildman–Crippen MR) is 73.9 cm³/mol. The zero-order valence-electron chi connectivity index (χ0n) is 10.2. The van der Waals surface area contributed by atoms with Crippen LogP contribution in [0.5, 0.6) is 0 Å². The van der Waals surface area contributed by atoms with Crippen molar-refractivity contribution in [1.82, 2.24) is 0 Å². The molecule has 0 radical (unpaired) electrons. The fourth-order valence-corrected chi connectivity index (χ4v) is 4.84. The summed E-state index contributed by atoms with van der Waals surface area (Å²) in [5, 5.41) is 0. The normalized spacial score (nSPS) is 27.1. The minimum absolute atomic E-state index is 0.114. The van der Waals surface area contributed by atoms with Crippen LogP contribution in [0.25, 0.3) is 0 Å². The lowest BCUT2D eigenvalue weighted by Gasteiger charge is -2.31. The second kappa shape index (κ2) is 5.25. The zero-order valence-corrected chi connectivity index (χ0v) is 11.8. The molecule has 0 aromatic carbocycles. The van der Waals surface area contributed by atoms with Gasteiger partial charge in [-0.25, -0.2) is 0 Å². The Kier molecular flexibility index (Phi) is 4.15. The van der Waals surface area contributed by atoms with Gasteiger partial charge in [-0.05, 0) is 32.6 Å². The Morgan fingerprint density at radius 2 is 1.62 bits per heavy atom. The molecule has 1 saturated heterocycles. The molecule has 2 fully saturated rings. The Bertz CT molecular complexity index is 291. The highest BCUT2D eigenvalue weighted by atomic mass is 32.2. The van der Waals surface area contributed by atoms with Crippen molar-refractivity contribution in [3.63, 3.8) is 0 Å². The van der Waals surface area contributed by atoms with Crippen molar-refractivity contribution >= 4 is 23.5 Å². The summed E-state index contributed by atoms with van der Waals surface area (Å²) in [5.74, 6) is 9.39. The number of rotatable bonds is 1. The molecule has 0 aromatic rings. The minimum atomic E-state index is -0.134. The third-order valence-electron chi connectivity index (χ3n) is 3.41. The molecule has 0 atom stereocenters. The maximum Gasteiger partial charge on any atom is 0.128 e. The van der Waals surface area contributed by atoms with Crippen molar-refractivity contribution < 1.29 is 4.74 Å². The van der Waals surface area contributed by atoms with E-state index in [0.717, 1.165) is 12.8 Å². The Morgan fingerprint density at radius 3 is 2.19 bits per heavy atom. The first-order valence-corrected chi connectivity index (χ1v) is 8.03. The molecule has 90 valence electrons. The summed E-state index contributed by atoms with van der Waals surface area (Å²) in [6, 6.07) is 0. The number of hydrogen-bond donors (Lipinski definition) is 0. The van der Waals surface area contributed by atoms with E-state index in [4.69, 9.17) is 4.74 Å². The van der Waals surface area contributed by atoms with Crippen LogP contribution in [0.3, 0.4) is 0 Å². The molecule has 0 N–H and O–H groups in total. The van der Waals surface area contributed by atoms with Crippen LogP contribution in [0, 0.1) is 11.8 Å². The number of ether oxygens (including phenoxy) is 1. The van der Waals surface area contributed by atoms with Crippen molar-refractivity contribution in [2.75, 3.05) is 18.6 Å². The van der Waals surface area contributed by atoms with E-state index in [1.165, 1.54) is 30.8 Å². The molecule has 16 heavy (non-hydrogen) atoms. The van der Waals surface area contributed by atoms with E-state index in [1.54, 1.807) is 0 Å². The molecule has 0 amide bonds. The van der Waals surface area contributed by atoms with Crippen molar-refractivity contribution in [3.8, 4) is 11.8 Å². The van der Waals surface area contributed by atoms with Crippen molar-refractivity contribution in [2.24, 2.45) is 0 Å². The van der Waals surface area contributed by atoms with Crippen LogP contribution in [-0.4, -0.2) is 28.3 Å². The molecule has 0 spiro atoms. The van der Waals surface area contributed by atoms with Crippen LogP contribution in [0.4, 0.5) is 0 Å². The second-order valence-electron chi connectivity index (χ2n) is 4.65. The molecule has 3 heteroatoms. The average Bonchev–Trinajstić information content (AvgIpc) is 2.76. The van der Waals surface area contributed by atoms with Gasteiger partial charge in [0.05, 0.1) is 0 Å². The Hall–Kier alpha value is 0.220. The maximum atomic E-state index is 5.69. The lowest BCUT2D eigenvalue weighted by molar-refractivity contribution is 0.0104. The molecular formula is C13H20OS2. The van der Waals surface area contributed by atoms with Gasteiger partial charge < -0.3 is 4.74 Å². The zero-order chi connectivity index (χ0) is 11.5. The van der Waals surface area contributed by atoms with Crippen LogP contribution in [0.1, 0.15) is 39.0 Å². The summed E-state index contributed by atoms with van der Waals surface area (Å²) < 4.78 is 5.81. The van der Waals surface area contributed by atoms with Gasteiger partial charge in [-0.3, -0.25) is 0 Å². The molecule has 0 aromatic heterocycles. The molecule has 2 rings (SSSR count). The highest BCUT2D eigenvalue weighted by molar-refractivity contribution is 8.21. The van der Waals surface area contributed by atoms with Crippen molar-refractivity contribution in [1.29, 1.82) is 0 Å². The standard InChI is InChI=1S/C13H20OS2/c1-12(15-10-11-16-12)8-9-13(14-2)6-4-3-5-7-13/h3-7,10-11H2,1-2H3. The monoisotopic (exact) mass is 256 g/mol. The molecule has 0 unspecified atom stereocenters. The van der Waals surface area contributed by atoms with Crippen LogP contribution < -0.4 is 0 Å². The van der Waals surface area contributed by atoms with Crippen LogP contribution in [-0.2, 0) is 4.74 Å². The molecule has 1 aliphatic carbocycles. The van der Waals surface area contributed by atoms with Gasteiger partial charge in [-0.15, -0.1) is 23.5 Å². The van der Waals surface area contributed by atoms with Crippen LogP contribution in [0.2, 0.25) is 0 Å². The van der Waals surface area contributed by atoms with Gasteiger partial charge in [-0.2, -0.15) is 0 Å². The second-order valence-corrected chi connectivity index (χ2v) is 7.94. The molecule has 1 heterocycles. The smallest absolute Gasteiger partial charge is 0.128 e. The Morgan fingerprint density at radius 1 is 1.00 bits per heavy atom. The lowest BCUT2D eigenvalue weighted by Crippen LogP contribution is -2.32. The number of thioether (sulfide) groups is 2. The number of methoxy groups -OCH3 is 1. The number of hydrogen-bond acceptors (Lipinski definition) is 3. The topological polar surface area (TPSA) is 9.23 Å². The van der Waals surface area contributed by atoms with E-state index < -0.39 is 0 Å². The van der Waals surface area contributed by atoms with E-state index in [2.05, 4.69) is 18.8 Å². The fourth-order valence-electron chi connectivity index (χ4n) is 2.32. The van der Waals surface area contributed by atoms with Gasteiger partial charge in [0.2, 0.25) is 0 Å². The Labute approximate surface area is 107 Å². The molecule has 1 nitrogen and oxygen atoms in total. The van der Waals surface area contributed by atoms with Gasteiger partial charge in [0.15, 0.2) is 0 Å². The van der Waals surface area contributed by atoms with E-state index in [9.17, 15) is 0 Å². The first-order chi connectivity index (χ1) is 7.68. The van der Waals surface area contributed by atoms with Gasteiger partial charge in [-0.1, -0.05) is 18.3 Å². The third-order valence-corrected chi connectivity index (χ3v) is 6.50. The first kappa shape index (κ1) is 12.7. The fraction of sp³-hybridized carbons (Fsp3) is 0.846. The quantitative estimate of drug-likeness (QED) is 0.664. The van der Waals surface area contributed by atoms with Gasteiger partial charge in [0, 0.05) is 18.6 Å². The van der Waals surface area contributed by atoms with E-state index >= 15 is 0 Å². The van der Waals surface area contributed by atoms with Crippen LogP contribution in [0.15, 0.2) is 0 Å². The van der Waals surface area contributed by atoms with Gasteiger partial charge in [0.25, 0.3) is 0 Å². The molecule has 1 aliphatic heterocycles. The van der Waals surface area contributed by atoms with E-state index in [0.29, 0.717) is 0 Å². The highest BCUT2D eigenvalue weighted by Gasteiger charge is 2.32. The SMILES string of the molecule is COC1(C#CC2(C)SCCS2)CCCCC1. The molecule has 0 bridgehead atoms. The summed E-state index contributed by atoms with van der Waals surface area (Å²) in [7, 11) is 1.82. The summed E-state index contributed by atoms with van der Waals surface area (Å²) >= 11 is 3.95. The van der Waals surface area contributed by atoms with E-state index in [1.807, 2.05) is 30.6 Å². The van der Waals surface area contributed by atoms with Gasteiger partial charge in [0.1, 0.15) is 9.68 Å².